The summed E-state index contributed by atoms with van der Waals surface area (Å²) < 4.78 is 5.98. The summed E-state index contributed by atoms with van der Waals surface area (Å²) in [7, 11) is 0. The number of hydrogen-bond donors (Lipinski definition) is 0. The van der Waals surface area contributed by atoms with Gasteiger partial charge in [0.25, 0.3) is 0 Å². The molecular weight excluding hydrogens is 1080 g/mol. The van der Waals surface area contributed by atoms with Gasteiger partial charge in [0.15, 0.2) is 16.3 Å². The Balaban J connectivity index is 0.650. The molecule has 3 aromatic heterocycles. The van der Waals surface area contributed by atoms with Crippen molar-refractivity contribution in [2.24, 2.45) is 0 Å². The van der Waals surface area contributed by atoms with Gasteiger partial charge in [-0.15, -0.1) is 45.8 Å². The molecule has 0 fully saturated rings. The molecule has 3 aliphatic rings. The standard InChI is InChI=1S/C75H46O3S4/c76-72-58-18-1-3-22-65(58)79-68-30-25-51(39-61(68)72)46-13-5-10-43(34-46)44-11-6-14-47(35-44)53-27-32-70-63(41-53)74(78)64-42-54(28-33-71(64)81-70)50-24-29-67-60(38-50)57-21-9-20-56(75(57)82-67)55-17-8-16-49(37-55)45-12-7-15-48(36-45)52-26-31-69-62(40-52)73(77)59-19-2-4-23-66(59)80-69/h1-33,35-43,57,75H,34H2. The molecule has 0 N–H and O–H groups in total. The van der Waals surface area contributed by atoms with Crippen molar-refractivity contribution in [1.82, 2.24) is 0 Å². The van der Waals surface area contributed by atoms with Gasteiger partial charge in [-0.25, -0.2) is 0 Å². The van der Waals surface area contributed by atoms with E-state index in [-0.39, 0.29) is 33.4 Å². The van der Waals surface area contributed by atoms with Gasteiger partial charge < -0.3 is 0 Å². The van der Waals surface area contributed by atoms with Gasteiger partial charge in [0, 0.05) is 82.5 Å². The Morgan fingerprint density at radius 1 is 0.341 bits per heavy atom. The number of rotatable bonds is 7. The van der Waals surface area contributed by atoms with Gasteiger partial charge in [-0.2, -0.15) is 0 Å². The zero-order chi connectivity index (χ0) is 54.6. The van der Waals surface area contributed by atoms with E-state index in [9.17, 15) is 14.4 Å². The van der Waals surface area contributed by atoms with Crippen molar-refractivity contribution in [3.63, 3.8) is 0 Å². The highest BCUT2D eigenvalue weighted by molar-refractivity contribution is 8.00. The Kier molecular flexibility index (Phi) is 11.8. The summed E-state index contributed by atoms with van der Waals surface area (Å²) in [6, 6.07) is 74.2. The maximum Gasteiger partial charge on any atom is 0.195 e. The molecule has 0 saturated carbocycles. The maximum absolute atomic E-state index is 14.7. The third-order valence-corrected chi connectivity index (χ3v) is 21.7. The predicted octanol–water partition coefficient (Wildman–Crippen LogP) is 19.9. The number of fused-ring (bicyclic) bond motifs is 9. The van der Waals surface area contributed by atoms with Gasteiger partial charge in [-0.05, 0) is 181 Å². The fourth-order valence-electron chi connectivity index (χ4n) is 12.6. The minimum absolute atomic E-state index is 0.0514. The first-order valence-electron chi connectivity index (χ1n) is 27.6. The SMILES string of the molecule is O=c1c2ccccc2sc2ccc(C3=CC=CC(c4cccc(-c5ccc6sc7ccc(-c8ccc9c(c8)C8C=CC=C(c%10cccc(-c%11cccc(-c%12ccc%13sc%14ccccc%14c(=O)c%13c%12)c%11)c%10)C8S9)cc7c(=O)c6c5)c4)C3)cc12. The van der Waals surface area contributed by atoms with Gasteiger partial charge in [-0.1, -0.05) is 152 Å². The van der Waals surface area contributed by atoms with Crippen LogP contribution in [0.4, 0.5) is 0 Å². The summed E-state index contributed by atoms with van der Waals surface area (Å²) in [4.78, 5) is 43.2. The van der Waals surface area contributed by atoms with Crippen molar-refractivity contribution in [2.75, 3.05) is 0 Å². The van der Waals surface area contributed by atoms with Crippen LogP contribution >= 0.6 is 45.8 Å². The van der Waals surface area contributed by atoms with E-state index in [1.807, 2.05) is 60.3 Å². The zero-order valence-corrected chi connectivity index (χ0v) is 47.2. The molecule has 0 saturated heterocycles. The Labute approximate surface area is 488 Å². The van der Waals surface area contributed by atoms with E-state index in [1.54, 1.807) is 34.0 Å². The lowest BCUT2D eigenvalue weighted by Gasteiger charge is -2.24. The number of thioether (sulfide) groups is 1. The summed E-state index contributed by atoms with van der Waals surface area (Å²) in [5.41, 5.74) is 16.2. The number of hydrogen-bond acceptors (Lipinski definition) is 7. The van der Waals surface area contributed by atoms with Crippen LogP contribution in [0.25, 0.3) is 116 Å². The van der Waals surface area contributed by atoms with Gasteiger partial charge in [0.1, 0.15) is 0 Å². The van der Waals surface area contributed by atoms with Crippen molar-refractivity contribution in [3.8, 4) is 44.5 Å². The molecule has 0 amide bonds. The van der Waals surface area contributed by atoms with Crippen LogP contribution in [-0.2, 0) is 0 Å². The molecule has 0 radical (unpaired) electrons. The largest absolute Gasteiger partial charge is 0.289 e. The second-order valence-electron chi connectivity index (χ2n) is 21.6. The van der Waals surface area contributed by atoms with Crippen molar-refractivity contribution in [1.29, 1.82) is 0 Å². The highest BCUT2D eigenvalue weighted by Gasteiger charge is 2.36. The van der Waals surface area contributed by atoms with Crippen LogP contribution < -0.4 is 16.3 Å². The van der Waals surface area contributed by atoms with E-state index in [4.69, 9.17) is 0 Å². The van der Waals surface area contributed by atoms with Crippen molar-refractivity contribution in [2.45, 2.75) is 28.4 Å². The normalized spacial score (nSPS) is 16.5. The molecule has 388 valence electrons. The van der Waals surface area contributed by atoms with Crippen LogP contribution in [-0.4, -0.2) is 5.25 Å². The average Bonchev–Trinajstić information content (AvgIpc) is 4.04. The Morgan fingerprint density at radius 3 is 1.38 bits per heavy atom. The molecule has 2 aliphatic carbocycles. The topological polar surface area (TPSA) is 51.2 Å². The molecular formula is C75H46O3S4. The molecule has 13 aromatic rings. The first-order chi connectivity index (χ1) is 40.3. The first-order valence-corrected chi connectivity index (χ1v) is 31.0. The smallest absolute Gasteiger partial charge is 0.195 e. The van der Waals surface area contributed by atoms with E-state index in [0.29, 0.717) is 0 Å². The van der Waals surface area contributed by atoms with E-state index in [0.717, 1.165) is 117 Å². The molecule has 10 aromatic carbocycles. The third kappa shape index (κ3) is 8.41. The quantitative estimate of drug-likeness (QED) is 0.149. The second-order valence-corrected chi connectivity index (χ2v) is 26.1. The number of benzene rings is 10. The lowest BCUT2D eigenvalue weighted by atomic mass is 9.84. The molecule has 3 atom stereocenters. The number of allylic oxidation sites excluding steroid dienone is 7. The van der Waals surface area contributed by atoms with Gasteiger partial charge in [-0.3, -0.25) is 14.4 Å². The molecule has 1 aliphatic heterocycles. The zero-order valence-electron chi connectivity index (χ0n) is 44.0. The molecule has 3 unspecified atom stereocenters. The fourth-order valence-corrected chi connectivity index (χ4v) is 17.2. The first kappa shape index (κ1) is 49.0. The molecule has 7 heteroatoms. The predicted molar refractivity (Wildman–Crippen MR) is 353 cm³/mol. The lowest BCUT2D eigenvalue weighted by Crippen LogP contribution is -2.13. The molecule has 3 nitrogen and oxygen atoms in total. The lowest BCUT2D eigenvalue weighted by molar-refractivity contribution is 0.868. The van der Waals surface area contributed by atoms with E-state index in [1.165, 1.54) is 32.7 Å². The Bertz CT molecular complexity index is 5220. The molecule has 0 spiro atoms. The minimum atomic E-state index is 0.0514. The molecule has 0 bridgehead atoms. The van der Waals surface area contributed by atoms with Gasteiger partial charge in [0.2, 0.25) is 0 Å². The van der Waals surface area contributed by atoms with Crippen LogP contribution in [0, 0.1) is 0 Å². The van der Waals surface area contributed by atoms with Crippen molar-refractivity contribution in [3.05, 3.63) is 302 Å². The second kappa shape index (κ2) is 19.7. The highest BCUT2D eigenvalue weighted by atomic mass is 32.2. The summed E-state index contributed by atoms with van der Waals surface area (Å²) in [6.07, 6.45) is 14.3. The van der Waals surface area contributed by atoms with Crippen LogP contribution in [0.1, 0.15) is 40.5 Å². The van der Waals surface area contributed by atoms with E-state index < -0.39 is 0 Å². The molecule has 82 heavy (non-hydrogen) atoms. The summed E-state index contributed by atoms with van der Waals surface area (Å²) in [5, 5.41) is 4.77. The average molecular weight is 1120 g/mol. The van der Waals surface area contributed by atoms with Crippen LogP contribution in [0.5, 0.6) is 0 Å². The van der Waals surface area contributed by atoms with Crippen LogP contribution in [0.15, 0.2) is 268 Å². The van der Waals surface area contributed by atoms with Crippen LogP contribution in [0.2, 0.25) is 0 Å². The fraction of sp³-hybridized carbons (Fsp3) is 0.0533. The van der Waals surface area contributed by atoms with E-state index in [2.05, 4.69) is 200 Å². The Morgan fingerprint density at radius 2 is 0.780 bits per heavy atom. The molecule has 4 heterocycles. The summed E-state index contributed by atoms with van der Waals surface area (Å²) in [5.74, 6) is 0.363. The minimum Gasteiger partial charge on any atom is -0.289 e. The molecule has 16 rings (SSSR count). The summed E-state index contributed by atoms with van der Waals surface area (Å²) in [6.45, 7) is 0. The van der Waals surface area contributed by atoms with Crippen LogP contribution in [0.3, 0.4) is 0 Å². The monoisotopic (exact) mass is 1120 g/mol. The Hall–Kier alpha value is -8.82. The summed E-state index contributed by atoms with van der Waals surface area (Å²) >= 11 is 6.93. The maximum atomic E-state index is 14.7. The van der Waals surface area contributed by atoms with Gasteiger partial charge in [0.05, 0.1) is 0 Å². The van der Waals surface area contributed by atoms with E-state index >= 15 is 0 Å². The highest BCUT2D eigenvalue weighted by Crippen LogP contribution is 2.54. The third-order valence-electron chi connectivity index (χ3n) is 16.8. The van der Waals surface area contributed by atoms with Crippen molar-refractivity contribution < 1.29 is 0 Å². The van der Waals surface area contributed by atoms with Gasteiger partial charge >= 0.3 is 0 Å². The van der Waals surface area contributed by atoms with Crippen molar-refractivity contribution >= 4 is 117 Å².